The van der Waals surface area contributed by atoms with Gasteiger partial charge in [0.25, 0.3) is 5.91 Å². The summed E-state index contributed by atoms with van der Waals surface area (Å²) in [6.07, 6.45) is 2.65. The summed E-state index contributed by atoms with van der Waals surface area (Å²) in [5, 5.41) is 11.3. The Morgan fingerprint density at radius 1 is 1.33 bits per heavy atom. The van der Waals surface area contributed by atoms with E-state index in [4.69, 9.17) is 0 Å². The van der Waals surface area contributed by atoms with Gasteiger partial charge in [0.1, 0.15) is 5.82 Å². The van der Waals surface area contributed by atoms with Crippen molar-refractivity contribution in [1.82, 2.24) is 20.0 Å². The van der Waals surface area contributed by atoms with Gasteiger partial charge in [-0.15, -0.1) is 10.2 Å². The highest BCUT2D eigenvalue weighted by molar-refractivity contribution is 5.91. The normalized spacial score (nSPS) is 16.7. The molecule has 6 nitrogen and oxygen atoms in total. The zero-order valence-electron chi connectivity index (χ0n) is 13.2. The van der Waals surface area contributed by atoms with E-state index in [0.29, 0.717) is 11.6 Å². The van der Waals surface area contributed by atoms with Crippen LogP contribution in [0.2, 0.25) is 0 Å². The van der Waals surface area contributed by atoms with E-state index >= 15 is 0 Å². The Hall–Kier alpha value is -1.69. The van der Waals surface area contributed by atoms with Crippen molar-refractivity contribution in [3.05, 3.63) is 17.8 Å². The molecule has 1 amide bonds. The van der Waals surface area contributed by atoms with Gasteiger partial charge in [-0.3, -0.25) is 4.79 Å². The number of nitrogens with one attached hydrogen (secondary N) is 1. The van der Waals surface area contributed by atoms with E-state index in [9.17, 15) is 4.79 Å². The molecule has 0 saturated carbocycles. The molecule has 0 spiro atoms. The van der Waals surface area contributed by atoms with Crippen LogP contribution in [0.4, 0.5) is 5.82 Å². The molecule has 0 radical (unpaired) electrons. The number of hydrogen-bond donors (Lipinski definition) is 1. The van der Waals surface area contributed by atoms with Crippen molar-refractivity contribution in [2.24, 2.45) is 5.92 Å². The van der Waals surface area contributed by atoms with Crippen molar-refractivity contribution in [3.8, 4) is 0 Å². The maximum atomic E-state index is 11.7. The van der Waals surface area contributed by atoms with Gasteiger partial charge in [-0.05, 0) is 44.0 Å². The summed E-state index contributed by atoms with van der Waals surface area (Å²) in [7, 11) is 3.41. The molecule has 1 aromatic rings. The van der Waals surface area contributed by atoms with Crippen LogP contribution in [0.15, 0.2) is 12.1 Å². The predicted molar refractivity (Wildman–Crippen MR) is 83.4 cm³/mol. The molecule has 1 atom stereocenters. The summed E-state index contributed by atoms with van der Waals surface area (Å²) in [6.45, 7) is 6.68. The van der Waals surface area contributed by atoms with E-state index in [1.165, 1.54) is 30.8 Å². The minimum Gasteiger partial charge on any atom is -0.368 e. The Bertz CT molecular complexity index is 454. The third-order valence-corrected chi connectivity index (χ3v) is 3.69. The first-order valence-corrected chi connectivity index (χ1v) is 7.58. The van der Waals surface area contributed by atoms with Crippen LogP contribution in [-0.2, 0) is 0 Å². The molecule has 0 aromatic carbocycles. The SMILES string of the molecule is CC(CNc1ccc(C(=O)N(C)C)nn1)CN1CCCC1. The number of likely N-dealkylation sites (tertiary alicyclic amines) is 1. The largest absolute Gasteiger partial charge is 0.368 e. The van der Waals surface area contributed by atoms with Crippen LogP contribution in [-0.4, -0.2) is 66.2 Å². The van der Waals surface area contributed by atoms with Crippen molar-refractivity contribution in [2.45, 2.75) is 19.8 Å². The molecule has 6 heteroatoms. The van der Waals surface area contributed by atoms with E-state index in [0.717, 1.165) is 18.9 Å². The summed E-state index contributed by atoms with van der Waals surface area (Å²) in [6, 6.07) is 3.52. The maximum Gasteiger partial charge on any atom is 0.273 e. The van der Waals surface area contributed by atoms with Gasteiger partial charge in [0.15, 0.2) is 5.69 Å². The summed E-state index contributed by atoms with van der Waals surface area (Å²) < 4.78 is 0. The third kappa shape index (κ3) is 4.67. The van der Waals surface area contributed by atoms with Crippen molar-refractivity contribution >= 4 is 11.7 Å². The second kappa shape index (κ2) is 7.36. The quantitative estimate of drug-likeness (QED) is 0.856. The van der Waals surface area contributed by atoms with Crippen LogP contribution in [0.1, 0.15) is 30.3 Å². The van der Waals surface area contributed by atoms with Gasteiger partial charge >= 0.3 is 0 Å². The Morgan fingerprint density at radius 2 is 2.05 bits per heavy atom. The van der Waals surface area contributed by atoms with Crippen LogP contribution < -0.4 is 5.32 Å². The molecule has 1 aliphatic heterocycles. The third-order valence-electron chi connectivity index (χ3n) is 3.69. The van der Waals surface area contributed by atoms with E-state index in [-0.39, 0.29) is 5.91 Å². The number of nitrogens with zero attached hydrogens (tertiary/aromatic N) is 4. The Morgan fingerprint density at radius 3 is 2.62 bits per heavy atom. The van der Waals surface area contributed by atoms with Crippen LogP contribution >= 0.6 is 0 Å². The lowest BCUT2D eigenvalue weighted by Gasteiger charge is -2.20. The zero-order valence-corrected chi connectivity index (χ0v) is 13.2. The molecule has 1 N–H and O–H groups in total. The fourth-order valence-corrected chi connectivity index (χ4v) is 2.52. The first-order valence-electron chi connectivity index (χ1n) is 7.58. The van der Waals surface area contributed by atoms with Crippen LogP contribution in [0.3, 0.4) is 0 Å². The zero-order chi connectivity index (χ0) is 15.2. The van der Waals surface area contributed by atoms with Gasteiger partial charge in [0.05, 0.1) is 0 Å². The lowest BCUT2D eigenvalue weighted by Crippen LogP contribution is -2.29. The molecule has 2 heterocycles. The van der Waals surface area contributed by atoms with E-state index in [1.54, 1.807) is 20.2 Å². The topological polar surface area (TPSA) is 61.4 Å². The lowest BCUT2D eigenvalue weighted by atomic mass is 10.1. The minimum absolute atomic E-state index is 0.128. The fraction of sp³-hybridized carbons (Fsp3) is 0.667. The van der Waals surface area contributed by atoms with Crippen LogP contribution in [0.5, 0.6) is 0 Å². The first-order chi connectivity index (χ1) is 10.1. The number of aromatic nitrogens is 2. The molecule has 1 fully saturated rings. The van der Waals surface area contributed by atoms with Crippen molar-refractivity contribution in [2.75, 3.05) is 45.6 Å². The van der Waals surface area contributed by atoms with E-state index in [1.807, 2.05) is 6.07 Å². The monoisotopic (exact) mass is 291 g/mol. The smallest absolute Gasteiger partial charge is 0.273 e. The number of rotatable bonds is 6. The van der Waals surface area contributed by atoms with Gasteiger partial charge in [-0.2, -0.15) is 0 Å². The van der Waals surface area contributed by atoms with E-state index < -0.39 is 0 Å². The second-order valence-corrected chi connectivity index (χ2v) is 6.00. The average molecular weight is 291 g/mol. The molecule has 1 unspecified atom stereocenters. The molecular formula is C15H25N5O. The highest BCUT2D eigenvalue weighted by atomic mass is 16.2. The van der Waals surface area contributed by atoms with Crippen LogP contribution in [0, 0.1) is 5.92 Å². The number of hydrogen-bond acceptors (Lipinski definition) is 5. The summed E-state index contributed by atoms with van der Waals surface area (Å²) in [4.78, 5) is 15.7. The molecule has 116 valence electrons. The molecule has 0 aliphatic carbocycles. The Kier molecular flexibility index (Phi) is 5.50. The highest BCUT2D eigenvalue weighted by Crippen LogP contribution is 2.11. The van der Waals surface area contributed by atoms with Gasteiger partial charge in [-0.1, -0.05) is 6.92 Å². The Labute approximate surface area is 126 Å². The standard InChI is InChI=1S/C15H25N5O/c1-12(11-20-8-4-5-9-20)10-16-14-7-6-13(17-18-14)15(21)19(2)3/h6-7,12H,4-5,8-11H2,1-3H3,(H,16,18). The Balaban J connectivity index is 1.78. The molecule has 0 bridgehead atoms. The van der Waals surface area contributed by atoms with Crippen molar-refractivity contribution in [3.63, 3.8) is 0 Å². The maximum absolute atomic E-state index is 11.7. The summed E-state index contributed by atoms with van der Waals surface area (Å²) in [5.74, 6) is 1.16. The van der Waals surface area contributed by atoms with Crippen molar-refractivity contribution < 1.29 is 4.79 Å². The van der Waals surface area contributed by atoms with Gasteiger partial charge in [0.2, 0.25) is 0 Å². The predicted octanol–water partition coefficient (Wildman–Crippen LogP) is 1.32. The molecule has 1 saturated heterocycles. The molecule has 1 aromatic heterocycles. The van der Waals surface area contributed by atoms with Crippen LogP contribution in [0.25, 0.3) is 0 Å². The fourth-order valence-electron chi connectivity index (χ4n) is 2.52. The van der Waals surface area contributed by atoms with Gasteiger partial charge < -0.3 is 15.1 Å². The van der Waals surface area contributed by atoms with Gasteiger partial charge in [-0.25, -0.2) is 0 Å². The molecular weight excluding hydrogens is 266 g/mol. The minimum atomic E-state index is -0.128. The molecule has 1 aliphatic rings. The number of anilines is 1. The summed E-state index contributed by atoms with van der Waals surface area (Å²) >= 11 is 0. The molecule has 21 heavy (non-hydrogen) atoms. The number of carbonyl (C=O) groups excluding carboxylic acids is 1. The van der Waals surface area contributed by atoms with Crippen molar-refractivity contribution in [1.29, 1.82) is 0 Å². The summed E-state index contributed by atoms with van der Waals surface area (Å²) in [5.41, 5.74) is 0.371. The highest BCUT2D eigenvalue weighted by Gasteiger charge is 2.15. The average Bonchev–Trinajstić information content (AvgIpc) is 2.97. The van der Waals surface area contributed by atoms with E-state index in [2.05, 4.69) is 27.3 Å². The number of carbonyl (C=O) groups is 1. The van der Waals surface area contributed by atoms with Gasteiger partial charge in [0, 0.05) is 27.2 Å². The molecule has 2 rings (SSSR count). The number of amides is 1. The first kappa shape index (κ1) is 15.7. The lowest BCUT2D eigenvalue weighted by molar-refractivity contribution is 0.0821. The second-order valence-electron chi connectivity index (χ2n) is 6.00.